The molecule has 0 unspecified atom stereocenters. The number of imidazole rings is 1. The third kappa shape index (κ3) is 5.20. The van der Waals surface area contributed by atoms with Crippen LogP contribution in [-0.2, 0) is 26.6 Å². The molecule has 3 aromatic heterocycles. The second kappa shape index (κ2) is 9.99. The molecule has 214 valence electrons. The number of sulfone groups is 1. The van der Waals surface area contributed by atoms with Crippen molar-refractivity contribution in [2.45, 2.75) is 31.9 Å². The number of rotatable bonds is 6. The Bertz CT molecular complexity index is 1700. The molecule has 0 bridgehead atoms. The van der Waals surface area contributed by atoms with Crippen molar-refractivity contribution < 1.29 is 30.7 Å². The Kier molecular flexibility index (Phi) is 6.94. The molecular formula is C24H26F4N8O3S. The van der Waals surface area contributed by atoms with Crippen LogP contribution < -0.4 is 10.2 Å². The highest BCUT2D eigenvalue weighted by atomic mass is 32.2. The fraction of sp³-hybridized carbons (Fsp3) is 0.417. The number of nitrogens with one attached hydrogen (secondary N) is 1. The number of halogens is 4. The SMILES string of the molecule is CNc1nc2cc(F)ccc2n1-c1nc(-c2c(C)nn(CS(C)(=O)=O)c2C(F)(F)F)cc(N2CCOC[C@H]2C)n1. The van der Waals surface area contributed by atoms with Crippen LogP contribution in [0.3, 0.4) is 0 Å². The van der Waals surface area contributed by atoms with Gasteiger partial charge < -0.3 is 15.0 Å². The number of morpholine rings is 1. The van der Waals surface area contributed by atoms with Crippen molar-refractivity contribution in [3.8, 4) is 17.2 Å². The molecule has 1 atom stereocenters. The van der Waals surface area contributed by atoms with Gasteiger partial charge in [-0.1, -0.05) is 0 Å². The molecule has 1 saturated heterocycles. The minimum Gasteiger partial charge on any atom is -0.377 e. The molecule has 16 heteroatoms. The van der Waals surface area contributed by atoms with Gasteiger partial charge in [0.25, 0.3) is 0 Å². The van der Waals surface area contributed by atoms with Gasteiger partial charge in [0.15, 0.2) is 15.5 Å². The van der Waals surface area contributed by atoms with Crippen molar-refractivity contribution in [2.24, 2.45) is 0 Å². The molecule has 1 aliphatic rings. The van der Waals surface area contributed by atoms with Crippen LogP contribution in [0.15, 0.2) is 24.3 Å². The highest BCUT2D eigenvalue weighted by Crippen LogP contribution is 2.40. The summed E-state index contributed by atoms with van der Waals surface area (Å²) in [5.74, 6) is -0.936. The monoisotopic (exact) mass is 582 g/mol. The number of hydrogen-bond acceptors (Lipinski definition) is 9. The quantitative estimate of drug-likeness (QED) is 0.341. The van der Waals surface area contributed by atoms with E-state index in [0.717, 1.165) is 6.26 Å². The van der Waals surface area contributed by atoms with Crippen molar-refractivity contribution in [2.75, 3.05) is 43.3 Å². The number of aryl methyl sites for hydroxylation is 1. The van der Waals surface area contributed by atoms with E-state index in [1.807, 2.05) is 11.8 Å². The minimum atomic E-state index is -4.95. The number of fused-ring (bicyclic) bond motifs is 1. The standard InChI is InChI=1S/C24H26F4N8O3S/c1-13-11-39-8-7-34(13)19-10-17(20-14(2)33-35(12-40(4,37)38)21(20)24(26,27)28)31-23(32-19)36-18-6-5-15(25)9-16(18)30-22(36)29-3/h5-6,9-10,13H,7-8,11-12H2,1-4H3,(H,29,30)/t13-/m1/s1. The van der Waals surface area contributed by atoms with Gasteiger partial charge in [0.2, 0.25) is 11.9 Å². The Morgan fingerprint density at radius 3 is 2.58 bits per heavy atom. The molecule has 1 N–H and O–H groups in total. The molecular weight excluding hydrogens is 556 g/mol. The van der Waals surface area contributed by atoms with Crippen LogP contribution >= 0.6 is 0 Å². The number of ether oxygens (including phenoxy) is 1. The van der Waals surface area contributed by atoms with E-state index in [-0.39, 0.29) is 40.4 Å². The molecule has 0 aliphatic carbocycles. The van der Waals surface area contributed by atoms with E-state index in [2.05, 4.69) is 25.4 Å². The van der Waals surface area contributed by atoms with Crippen LogP contribution in [0.2, 0.25) is 0 Å². The van der Waals surface area contributed by atoms with Crippen molar-refractivity contribution in [1.82, 2.24) is 29.3 Å². The number of alkyl halides is 3. The third-order valence-corrected chi connectivity index (χ3v) is 7.13. The van der Waals surface area contributed by atoms with Gasteiger partial charge in [0.1, 0.15) is 17.5 Å². The molecule has 11 nitrogen and oxygen atoms in total. The molecule has 0 radical (unpaired) electrons. The Morgan fingerprint density at radius 2 is 1.93 bits per heavy atom. The van der Waals surface area contributed by atoms with E-state index in [1.54, 1.807) is 7.05 Å². The highest BCUT2D eigenvalue weighted by molar-refractivity contribution is 7.89. The average Bonchev–Trinajstić information content (AvgIpc) is 3.39. The first-order chi connectivity index (χ1) is 18.8. The zero-order valence-corrected chi connectivity index (χ0v) is 22.8. The number of hydrogen-bond donors (Lipinski definition) is 1. The van der Waals surface area contributed by atoms with Crippen molar-refractivity contribution in [1.29, 1.82) is 0 Å². The second-order valence-electron chi connectivity index (χ2n) is 9.54. The van der Waals surface area contributed by atoms with Crippen molar-refractivity contribution >= 4 is 32.6 Å². The second-order valence-corrected chi connectivity index (χ2v) is 11.7. The Labute approximate surface area is 226 Å². The Balaban J connectivity index is 1.81. The summed E-state index contributed by atoms with van der Waals surface area (Å²) in [6.07, 6.45) is -4.12. The number of benzene rings is 1. The average molecular weight is 583 g/mol. The zero-order chi connectivity index (χ0) is 29.0. The first kappa shape index (κ1) is 27.8. The lowest BCUT2D eigenvalue weighted by Gasteiger charge is -2.34. The van der Waals surface area contributed by atoms with Crippen LogP contribution in [0, 0.1) is 12.7 Å². The van der Waals surface area contributed by atoms with Gasteiger partial charge in [-0.2, -0.15) is 23.3 Å². The molecule has 0 saturated carbocycles. The maximum Gasteiger partial charge on any atom is 0.433 e. The van der Waals surface area contributed by atoms with Crippen LogP contribution in [0.25, 0.3) is 28.2 Å². The van der Waals surface area contributed by atoms with E-state index >= 15 is 0 Å². The fourth-order valence-electron chi connectivity index (χ4n) is 4.78. The molecule has 4 heterocycles. The van der Waals surface area contributed by atoms with Gasteiger partial charge >= 0.3 is 6.18 Å². The van der Waals surface area contributed by atoms with Gasteiger partial charge in [-0.05, 0) is 26.0 Å². The fourth-order valence-corrected chi connectivity index (χ4v) is 5.41. The van der Waals surface area contributed by atoms with Gasteiger partial charge in [0.05, 0.1) is 47.2 Å². The molecule has 5 rings (SSSR count). The molecule has 1 aliphatic heterocycles. The Morgan fingerprint density at radius 1 is 1.18 bits per heavy atom. The van der Waals surface area contributed by atoms with Crippen LogP contribution in [0.5, 0.6) is 0 Å². The van der Waals surface area contributed by atoms with Gasteiger partial charge in [0, 0.05) is 32.0 Å². The topological polar surface area (TPSA) is 120 Å². The van der Waals surface area contributed by atoms with Gasteiger partial charge in [-0.3, -0.25) is 0 Å². The van der Waals surface area contributed by atoms with E-state index in [0.29, 0.717) is 35.8 Å². The normalized spacial score (nSPS) is 16.6. The van der Waals surface area contributed by atoms with E-state index < -0.39 is 33.4 Å². The highest BCUT2D eigenvalue weighted by Gasteiger charge is 2.41. The summed E-state index contributed by atoms with van der Waals surface area (Å²) in [6.45, 7) is 4.43. The smallest absolute Gasteiger partial charge is 0.377 e. The largest absolute Gasteiger partial charge is 0.433 e. The van der Waals surface area contributed by atoms with Crippen LogP contribution in [0.1, 0.15) is 18.3 Å². The summed E-state index contributed by atoms with van der Waals surface area (Å²) < 4.78 is 88.7. The molecule has 4 aromatic rings. The third-order valence-electron chi connectivity index (χ3n) is 6.41. The van der Waals surface area contributed by atoms with E-state index in [1.165, 1.54) is 35.8 Å². The molecule has 1 fully saturated rings. The summed E-state index contributed by atoms with van der Waals surface area (Å²) in [7, 11) is -2.28. The van der Waals surface area contributed by atoms with E-state index in [9.17, 15) is 26.0 Å². The van der Waals surface area contributed by atoms with Gasteiger partial charge in [-0.15, -0.1) is 0 Å². The summed E-state index contributed by atoms with van der Waals surface area (Å²) in [4.78, 5) is 15.5. The van der Waals surface area contributed by atoms with Gasteiger partial charge in [-0.25, -0.2) is 32.0 Å². The number of anilines is 2. The molecule has 0 spiro atoms. The van der Waals surface area contributed by atoms with Crippen LogP contribution in [-0.4, -0.2) is 76.8 Å². The predicted octanol–water partition coefficient (Wildman–Crippen LogP) is 3.41. The Hall–Kier alpha value is -3.79. The molecule has 40 heavy (non-hydrogen) atoms. The lowest BCUT2D eigenvalue weighted by Crippen LogP contribution is -2.44. The maximum absolute atomic E-state index is 14.5. The lowest BCUT2D eigenvalue weighted by atomic mass is 10.1. The lowest BCUT2D eigenvalue weighted by molar-refractivity contribution is -0.143. The minimum absolute atomic E-state index is 0.0203. The number of nitrogens with zero attached hydrogens (tertiary/aromatic N) is 7. The zero-order valence-electron chi connectivity index (χ0n) is 22.0. The van der Waals surface area contributed by atoms with E-state index in [4.69, 9.17) is 4.74 Å². The maximum atomic E-state index is 14.5. The molecule has 0 amide bonds. The first-order valence-electron chi connectivity index (χ1n) is 12.2. The predicted molar refractivity (Wildman–Crippen MR) is 140 cm³/mol. The summed E-state index contributed by atoms with van der Waals surface area (Å²) >= 11 is 0. The van der Waals surface area contributed by atoms with Crippen molar-refractivity contribution in [3.63, 3.8) is 0 Å². The summed E-state index contributed by atoms with van der Waals surface area (Å²) in [6, 6.07) is 5.20. The van der Waals surface area contributed by atoms with Crippen LogP contribution in [0.4, 0.5) is 29.3 Å². The number of aromatic nitrogens is 6. The molecule has 1 aromatic carbocycles. The summed E-state index contributed by atoms with van der Waals surface area (Å²) in [5.41, 5.74) is -1.09. The summed E-state index contributed by atoms with van der Waals surface area (Å²) in [5, 5.41) is 6.83. The van der Waals surface area contributed by atoms with Crippen molar-refractivity contribution in [3.05, 3.63) is 41.5 Å². The first-order valence-corrected chi connectivity index (χ1v) is 14.2.